The number of ether oxygens (including phenoxy) is 1. The second kappa shape index (κ2) is 7.85. The average Bonchev–Trinajstić information content (AvgIpc) is 3.09. The van der Waals surface area contributed by atoms with Crippen molar-refractivity contribution in [2.24, 2.45) is 0 Å². The molecule has 0 unspecified atom stereocenters. The maximum Gasteiger partial charge on any atom is 0.291 e. The number of carbonyl (C=O) groups is 1. The summed E-state index contributed by atoms with van der Waals surface area (Å²) in [7, 11) is 0. The molecule has 0 aliphatic heterocycles. The molecule has 26 heavy (non-hydrogen) atoms. The van der Waals surface area contributed by atoms with E-state index >= 15 is 0 Å². The van der Waals surface area contributed by atoms with Crippen molar-refractivity contribution in [3.63, 3.8) is 0 Å². The highest BCUT2D eigenvalue weighted by molar-refractivity contribution is 6.42. The molecule has 4 nitrogen and oxygen atoms in total. The molecule has 0 aliphatic rings. The van der Waals surface area contributed by atoms with Crippen LogP contribution >= 0.6 is 23.2 Å². The van der Waals surface area contributed by atoms with Gasteiger partial charge in [0.2, 0.25) is 0 Å². The molecule has 0 radical (unpaired) electrons. The smallest absolute Gasteiger partial charge is 0.291 e. The number of halogens is 2. The van der Waals surface area contributed by atoms with Crippen LogP contribution in [0.4, 0.5) is 5.69 Å². The molecule has 3 rings (SSSR count). The van der Waals surface area contributed by atoms with Crippen molar-refractivity contribution in [3.8, 4) is 5.75 Å². The quantitative estimate of drug-likeness (QED) is 0.578. The fraction of sp³-hybridized carbons (Fsp3) is 0.150. The van der Waals surface area contributed by atoms with Crippen LogP contribution in [-0.2, 0) is 6.61 Å². The highest BCUT2D eigenvalue weighted by Gasteiger charge is 2.14. The van der Waals surface area contributed by atoms with Crippen molar-refractivity contribution in [2.45, 2.75) is 20.5 Å². The summed E-state index contributed by atoms with van der Waals surface area (Å²) in [6.45, 7) is 4.09. The first-order chi connectivity index (χ1) is 12.5. The molecule has 3 aromatic rings. The lowest BCUT2D eigenvalue weighted by molar-refractivity contribution is 0.0992. The summed E-state index contributed by atoms with van der Waals surface area (Å²) in [4.78, 5) is 12.4. The molecular weight excluding hydrogens is 373 g/mol. The number of hydrogen-bond acceptors (Lipinski definition) is 3. The highest BCUT2D eigenvalue weighted by Crippen LogP contribution is 2.32. The maximum absolute atomic E-state index is 12.4. The predicted molar refractivity (Wildman–Crippen MR) is 103 cm³/mol. The number of furan rings is 1. The van der Waals surface area contributed by atoms with Gasteiger partial charge in [-0.3, -0.25) is 4.79 Å². The van der Waals surface area contributed by atoms with E-state index in [-0.39, 0.29) is 18.3 Å². The van der Waals surface area contributed by atoms with Gasteiger partial charge in [-0.05, 0) is 55.3 Å². The van der Waals surface area contributed by atoms with E-state index in [9.17, 15) is 4.79 Å². The molecule has 2 aromatic carbocycles. The summed E-state index contributed by atoms with van der Waals surface area (Å²) >= 11 is 12.0. The van der Waals surface area contributed by atoms with Crippen molar-refractivity contribution in [3.05, 3.63) is 81.2 Å². The summed E-state index contributed by atoms with van der Waals surface area (Å²) in [6.07, 6.45) is 0. The van der Waals surface area contributed by atoms with Crippen LogP contribution in [0, 0.1) is 13.8 Å². The number of carbonyl (C=O) groups excluding carboxylic acids is 1. The zero-order valence-electron chi connectivity index (χ0n) is 14.3. The van der Waals surface area contributed by atoms with Gasteiger partial charge in [0, 0.05) is 5.69 Å². The molecular formula is C20H17Cl2NO3. The van der Waals surface area contributed by atoms with Crippen molar-refractivity contribution in [1.82, 2.24) is 0 Å². The lowest BCUT2D eigenvalue weighted by Gasteiger charge is -2.09. The third kappa shape index (κ3) is 4.03. The summed E-state index contributed by atoms with van der Waals surface area (Å²) in [5.41, 5.74) is 2.89. The summed E-state index contributed by atoms with van der Waals surface area (Å²) < 4.78 is 11.2. The zero-order chi connectivity index (χ0) is 18.7. The Morgan fingerprint density at radius 3 is 2.65 bits per heavy atom. The molecule has 0 bridgehead atoms. The number of nitrogens with one attached hydrogen (secondary N) is 1. The fourth-order valence-electron chi connectivity index (χ4n) is 2.39. The number of benzene rings is 2. The number of hydrogen-bond donors (Lipinski definition) is 1. The molecule has 1 amide bonds. The minimum Gasteiger partial charge on any atom is -0.484 e. The Kier molecular flexibility index (Phi) is 5.55. The summed E-state index contributed by atoms with van der Waals surface area (Å²) in [5, 5.41) is 3.61. The van der Waals surface area contributed by atoms with Crippen LogP contribution in [0.2, 0.25) is 10.0 Å². The minimum atomic E-state index is -0.314. The van der Waals surface area contributed by atoms with E-state index in [0.717, 1.165) is 16.8 Å². The first-order valence-electron chi connectivity index (χ1n) is 7.99. The molecule has 0 atom stereocenters. The van der Waals surface area contributed by atoms with Crippen molar-refractivity contribution >= 4 is 34.8 Å². The fourth-order valence-corrected chi connectivity index (χ4v) is 2.74. The van der Waals surface area contributed by atoms with Gasteiger partial charge in [0.15, 0.2) is 5.76 Å². The molecule has 0 fully saturated rings. The van der Waals surface area contributed by atoms with Gasteiger partial charge in [0.1, 0.15) is 23.1 Å². The Morgan fingerprint density at radius 1 is 1.08 bits per heavy atom. The van der Waals surface area contributed by atoms with Gasteiger partial charge in [-0.15, -0.1) is 0 Å². The monoisotopic (exact) mass is 389 g/mol. The SMILES string of the molecule is Cc1cccc(NC(=O)c2ccc(COc3cccc(Cl)c3Cl)o2)c1C. The van der Waals surface area contributed by atoms with Crippen molar-refractivity contribution in [1.29, 1.82) is 0 Å². The Morgan fingerprint density at radius 2 is 1.85 bits per heavy atom. The van der Waals surface area contributed by atoms with Crippen LogP contribution in [0.3, 0.4) is 0 Å². The van der Waals surface area contributed by atoms with Gasteiger partial charge in [0.05, 0.1) is 5.02 Å². The molecule has 1 heterocycles. The van der Waals surface area contributed by atoms with Crippen molar-refractivity contribution in [2.75, 3.05) is 5.32 Å². The molecule has 1 N–H and O–H groups in total. The third-order valence-electron chi connectivity index (χ3n) is 4.02. The van der Waals surface area contributed by atoms with E-state index in [1.54, 1.807) is 30.3 Å². The normalized spacial score (nSPS) is 10.6. The number of anilines is 1. The Bertz CT molecular complexity index is 950. The minimum absolute atomic E-state index is 0.136. The molecule has 1 aromatic heterocycles. The Balaban J connectivity index is 1.66. The lowest BCUT2D eigenvalue weighted by atomic mass is 10.1. The molecule has 0 aliphatic carbocycles. The van der Waals surface area contributed by atoms with Crippen LogP contribution in [0.25, 0.3) is 0 Å². The Hall–Kier alpha value is -2.43. The van der Waals surface area contributed by atoms with Crippen LogP contribution in [0.5, 0.6) is 5.75 Å². The van der Waals surface area contributed by atoms with Crippen LogP contribution in [-0.4, -0.2) is 5.91 Å². The lowest BCUT2D eigenvalue weighted by Crippen LogP contribution is -2.12. The summed E-state index contributed by atoms with van der Waals surface area (Å²) in [5.74, 6) is 0.858. The first-order valence-corrected chi connectivity index (χ1v) is 8.74. The molecule has 0 saturated carbocycles. The number of rotatable bonds is 5. The van der Waals surface area contributed by atoms with Gasteiger partial charge >= 0.3 is 0 Å². The van der Waals surface area contributed by atoms with Crippen LogP contribution in [0.15, 0.2) is 52.9 Å². The predicted octanol–water partition coefficient (Wildman–Crippen LogP) is 6.03. The maximum atomic E-state index is 12.4. The zero-order valence-corrected chi connectivity index (χ0v) is 15.8. The summed E-state index contributed by atoms with van der Waals surface area (Å²) in [6, 6.07) is 14.2. The van der Waals surface area contributed by atoms with E-state index in [2.05, 4.69) is 5.32 Å². The van der Waals surface area contributed by atoms with Gasteiger partial charge in [-0.1, -0.05) is 41.4 Å². The first kappa shape index (κ1) is 18.4. The second-order valence-corrected chi connectivity index (χ2v) is 6.59. The Labute approximate surface area is 161 Å². The highest BCUT2D eigenvalue weighted by atomic mass is 35.5. The second-order valence-electron chi connectivity index (χ2n) is 5.81. The number of aryl methyl sites for hydroxylation is 1. The van der Waals surface area contributed by atoms with E-state index in [0.29, 0.717) is 21.6 Å². The molecule has 134 valence electrons. The molecule has 0 saturated heterocycles. The largest absolute Gasteiger partial charge is 0.484 e. The van der Waals surface area contributed by atoms with E-state index in [4.69, 9.17) is 32.4 Å². The van der Waals surface area contributed by atoms with Gasteiger partial charge in [0.25, 0.3) is 5.91 Å². The average molecular weight is 390 g/mol. The van der Waals surface area contributed by atoms with Crippen molar-refractivity contribution < 1.29 is 13.9 Å². The van der Waals surface area contributed by atoms with E-state index < -0.39 is 0 Å². The number of amides is 1. The topological polar surface area (TPSA) is 51.5 Å². The van der Waals surface area contributed by atoms with Gasteiger partial charge in [-0.2, -0.15) is 0 Å². The standard InChI is InChI=1S/C20H17Cl2NO3/c1-12-5-3-7-16(13(12)2)23-20(24)18-10-9-14(26-18)11-25-17-8-4-6-15(21)19(17)22/h3-10H,11H2,1-2H3,(H,23,24). The van der Waals surface area contributed by atoms with E-state index in [1.165, 1.54) is 0 Å². The van der Waals surface area contributed by atoms with Gasteiger partial charge < -0.3 is 14.5 Å². The third-order valence-corrected chi connectivity index (χ3v) is 4.83. The van der Waals surface area contributed by atoms with Crippen LogP contribution in [0.1, 0.15) is 27.4 Å². The molecule has 6 heteroatoms. The van der Waals surface area contributed by atoms with Gasteiger partial charge in [-0.25, -0.2) is 0 Å². The van der Waals surface area contributed by atoms with Crippen LogP contribution < -0.4 is 10.1 Å². The van der Waals surface area contributed by atoms with E-state index in [1.807, 2.05) is 32.0 Å². The molecule has 0 spiro atoms.